The van der Waals surface area contributed by atoms with Gasteiger partial charge in [-0.15, -0.1) is 10.2 Å². The molecule has 0 spiro atoms. The Kier molecular flexibility index (Phi) is 4.57. The minimum atomic E-state index is -0.145. The summed E-state index contributed by atoms with van der Waals surface area (Å²) >= 11 is 1.35. The van der Waals surface area contributed by atoms with Crippen LogP contribution in [0.2, 0.25) is 0 Å². The van der Waals surface area contributed by atoms with Crippen molar-refractivity contribution in [2.24, 2.45) is 0 Å². The maximum atomic E-state index is 5.68. The Balaban J connectivity index is 1.69. The SMILES string of the molecule is COc1ccccc1-c1nnc(SCc2nc(C(C)(C)C)no2)o1. The first-order valence-electron chi connectivity index (χ1n) is 7.40. The van der Waals surface area contributed by atoms with Gasteiger partial charge < -0.3 is 13.7 Å². The van der Waals surface area contributed by atoms with Crippen molar-refractivity contribution in [1.82, 2.24) is 20.3 Å². The number of ether oxygens (including phenoxy) is 1. The predicted molar refractivity (Wildman–Crippen MR) is 88.8 cm³/mol. The third kappa shape index (κ3) is 3.59. The van der Waals surface area contributed by atoms with Crippen LogP contribution >= 0.6 is 11.8 Å². The van der Waals surface area contributed by atoms with Gasteiger partial charge in [0.15, 0.2) is 5.82 Å². The van der Waals surface area contributed by atoms with Crippen molar-refractivity contribution < 1.29 is 13.7 Å². The second-order valence-corrected chi connectivity index (χ2v) is 7.05. The first-order valence-corrected chi connectivity index (χ1v) is 8.38. The molecule has 0 unspecified atom stereocenters. The van der Waals surface area contributed by atoms with Crippen molar-refractivity contribution in [2.75, 3.05) is 7.11 Å². The average molecular weight is 346 g/mol. The number of hydrogen-bond donors (Lipinski definition) is 0. The Morgan fingerprint density at radius 1 is 1.17 bits per heavy atom. The molecule has 0 atom stereocenters. The van der Waals surface area contributed by atoms with E-state index in [1.807, 2.05) is 45.0 Å². The second kappa shape index (κ2) is 6.64. The standard InChI is InChI=1S/C16H18N4O3S/c1-16(2,3)14-17-12(23-20-14)9-24-15-19-18-13(22-15)10-7-5-6-8-11(10)21-4/h5-8H,9H2,1-4H3. The van der Waals surface area contributed by atoms with Gasteiger partial charge in [0.25, 0.3) is 11.1 Å². The van der Waals surface area contributed by atoms with Crippen molar-refractivity contribution >= 4 is 11.8 Å². The van der Waals surface area contributed by atoms with Crippen LogP contribution in [0.15, 0.2) is 38.4 Å². The van der Waals surface area contributed by atoms with Gasteiger partial charge in [-0.25, -0.2) is 0 Å². The lowest BCUT2D eigenvalue weighted by atomic mass is 9.96. The van der Waals surface area contributed by atoms with Crippen LogP contribution in [0.3, 0.4) is 0 Å². The topological polar surface area (TPSA) is 87.1 Å². The highest BCUT2D eigenvalue weighted by atomic mass is 32.2. The van der Waals surface area contributed by atoms with Gasteiger partial charge in [0.2, 0.25) is 5.89 Å². The molecule has 0 N–H and O–H groups in total. The molecule has 0 amide bonds. The van der Waals surface area contributed by atoms with Crippen molar-refractivity contribution in [2.45, 2.75) is 37.2 Å². The third-order valence-corrected chi connectivity index (χ3v) is 4.01. The number of rotatable bonds is 5. The van der Waals surface area contributed by atoms with E-state index >= 15 is 0 Å². The van der Waals surface area contributed by atoms with Crippen LogP contribution in [0.4, 0.5) is 0 Å². The largest absolute Gasteiger partial charge is 0.496 e. The summed E-state index contributed by atoms with van der Waals surface area (Å²) in [6, 6.07) is 7.49. The van der Waals surface area contributed by atoms with Crippen LogP contribution in [0, 0.1) is 0 Å². The van der Waals surface area contributed by atoms with Crippen LogP contribution in [-0.4, -0.2) is 27.4 Å². The molecule has 0 fully saturated rings. The molecule has 126 valence electrons. The van der Waals surface area contributed by atoms with Gasteiger partial charge in [-0.1, -0.05) is 49.8 Å². The number of aromatic nitrogens is 4. The summed E-state index contributed by atoms with van der Waals surface area (Å²) < 4.78 is 16.2. The van der Waals surface area contributed by atoms with E-state index in [-0.39, 0.29) is 5.41 Å². The number of hydrogen-bond acceptors (Lipinski definition) is 8. The van der Waals surface area contributed by atoms with E-state index in [1.165, 1.54) is 11.8 Å². The van der Waals surface area contributed by atoms with Crippen molar-refractivity contribution in [3.05, 3.63) is 36.0 Å². The molecule has 0 aliphatic carbocycles. The van der Waals surface area contributed by atoms with Crippen LogP contribution in [0.1, 0.15) is 32.5 Å². The average Bonchev–Trinajstić information content (AvgIpc) is 3.21. The fraction of sp³-hybridized carbons (Fsp3) is 0.375. The molecular weight excluding hydrogens is 328 g/mol. The van der Waals surface area contributed by atoms with E-state index in [9.17, 15) is 0 Å². The molecule has 1 aromatic carbocycles. The molecule has 3 rings (SSSR count). The number of methoxy groups -OCH3 is 1. The maximum Gasteiger partial charge on any atom is 0.277 e. The molecule has 0 saturated carbocycles. The molecule has 0 radical (unpaired) electrons. The summed E-state index contributed by atoms with van der Waals surface area (Å²) in [5.41, 5.74) is 0.612. The normalized spacial score (nSPS) is 11.7. The zero-order valence-corrected chi connectivity index (χ0v) is 14.8. The molecule has 2 heterocycles. The van der Waals surface area contributed by atoms with Gasteiger partial charge in [0.1, 0.15) is 5.75 Å². The molecule has 2 aromatic heterocycles. The summed E-state index contributed by atoms with van der Waals surface area (Å²) in [7, 11) is 1.60. The highest BCUT2D eigenvalue weighted by Crippen LogP contribution is 2.31. The van der Waals surface area contributed by atoms with E-state index < -0.39 is 0 Å². The molecule has 3 aromatic rings. The Labute approximate surface area is 143 Å². The second-order valence-electron chi connectivity index (χ2n) is 6.12. The minimum Gasteiger partial charge on any atom is -0.496 e. The summed E-state index contributed by atoms with van der Waals surface area (Å²) in [6.07, 6.45) is 0. The first kappa shape index (κ1) is 16.5. The van der Waals surface area contributed by atoms with Crippen LogP contribution in [-0.2, 0) is 11.2 Å². The smallest absolute Gasteiger partial charge is 0.277 e. The molecule has 8 heteroatoms. The number of benzene rings is 1. The van der Waals surface area contributed by atoms with Gasteiger partial charge >= 0.3 is 0 Å². The van der Waals surface area contributed by atoms with E-state index in [2.05, 4.69) is 20.3 Å². The Morgan fingerprint density at radius 3 is 2.67 bits per heavy atom. The summed E-state index contributed by atoms with van der Waals surface area (Å²) in [6.45, 7) is 6.10. The molecule has 24 heavy (non-hydrogen) atoms. The first-order chi connectivity index (χ1) is 11.5. The lowest BCUT2D eigenvalue weighted by Crippen LogP contribution is -2.13. The fourth-order valence-electron chi connectivity index (χ4n) is 1.94. The number of nitrogens with zero attached hydrogens (tertiary/aromatic N) is 4. The molecule has 0 bridgehead atoms. The van der Waals surface area contributed by atoms with Crippen molar-refractivity contribution in [1.29, 1.82) is 0 Å². The van der Waals surface area contributed by atoms with Gasteiger partial charge in [-0.2, -0.15) is 4.98 Å². The van der Waals surface area contributed by atoms with Crippen LogP contribution < -0.4 is 4.74 Å². The van der Waals surface area contributed by atoms with Crippen LogP contribution in [0.5, 0.6) is 5.75 Å². The van der Waals surface area contributed by atoms with Gasteiger partial charge in [-0.3, -0.25) is 0 Å². The quantitative estimate of drug-likeness (QED) is 0.646. The fourth-order valence-corrected chi connectivity index (χ4v) is 2.54. The predicted octanol–water partition coefficient (Wildman–Crippen LogP) is 3.72. The van der Waals surface area contributed by atoms with Crippen molar-refractivity contribution in [3.63, 3.8) is 0 Å². The van der Waals surface area contributed by atoms with E-state index in [0.717, 1.165) is 5.56 Å². The molecule has 0 aliphatic rings. The van der Waals surface area contributed by atoms with Gasteiger partial charge in [0.05, 0.1) is 18.4 Å². The highest BCUT2D eigenvalue weighted by molar-refractivity contribution is 7.98. The zero-order chi connectivity index (χ0) is 17.2. The number of para-hydroxylation sites is 1. The highest BCUT2D eigenvalue weighted by Gasteiger charge is 2.21. The summed E-state index contributed by atoms with van der Waals surface area (Å²) in [5.74, 6) is 2.77. The van der Waals surface area contributed by atoms with E-state index in [4.69, 9.17) is 13.7 Å². The maximum absolute atomic E-state index is 5.68. The van der Waals surface area contributed by atoms with Crippen LogP contribution in [0.25, 0.3) is 11.5 Å². The molecular formula is C16H18N4O3S. The van der Waals surface area contributed by atoms with E-state index in [0.29, 0.717) is 34.3 Å². The Hall–Kier alpha value is -2.35. The Morgan fingerprint density at radius 2 is 1.96 bits per heavy atom. The summed E-state index contributed by atoms with van der Waals surface area (Å²) in [4.78, 5) is 4.38. The van der Waals surface area contributed by atoms with Crippen molar-refractivity contribution in [3.8, 4) is 17.2 Å². The monoisotopic (exact) mass is 346 g/mol. The lowest BCUT2D eigenvalue weighted by molar-refractivity contribution is 0.372. The Bertz CT molecular complexity index is 823. The van der Waals surface area contributed by atoms with Gasteiger partial charge in [-0.05, 0) is 12.1 Å². The zero-order valence-electron chi connectivity index (χ0n) is 13.9. The molecule has 0 saturated heterocycles. The number of thioether (sulfide) groups is 1. The lowest BCUT2D eigenvalue weighted by Gasteiger charge is -2.10. The molecule has 7 nitrogen and oxygen atoms in total. The minimum absolute atomic E-state index is 0.145. The van der Waals surface area contributed by atoms with Gasteiger partial charge in [0, 0.05) is 5.41 Å². The molecule has 0 aliphatic heterocycles. The third-order valence-electron chi connectivity index (χ3n) is 3.20. The van der Waals surface area contributed by atoms with E-state index in [1.54, 1.807) is 7.11 Å². The summed E-state index contributed by atoms with van der Waals surface area (Å²) in [5, 5.41) is 12.5.